The van der Waals surface area contributed by atoms with E-state index in [2.05, 4.69) is 21.3 Å². The average molecular weight is 668 g/mol. The second-order valence-corrected chi connectivity index (χ2v) is 12.6. The first kappa shape index (κ1) is 38.4. The lowest BCUT2D eigenvalue weighted by Gasteiger charge is -2.29. The summed E-state index contributed by atoms with van der Waals surface area (Å²) in [5.74, 6) is -2.36. The van der Waals surface area contributed by atoms with Crippen LogP contribution in [0.15, 0.2) is 42.5 Å². The smallest absolute Gasteiger partial charge is 0.243 e. The van der Waals surface area contributed by atoms with Gasteiger partial charge in [-0.05, 0) is 85.6 Å². The number of phenols is 1. The molecule has 264 valence electrons. The topological polar surface area (TPSA) is 267 Å². The van der Waals surface area contributed by atoms with Crippen molar-refractivity contribution in [2.75, 3.05) is 26.2 Å². The lowest BCUT2D eigenvalue weighted by atomic mass is 9.95. The first-order chi connectivity index (χ1) is 22.9. The molecule has 1 aliphatic heterocycles. The SMILES string of the molecule is C[C@@H](CCN)[C@@H]1NC(=O)[C@@H](N)Cc2cc(ccc2O)-c2cccc(c2)CC(C(=O)NC(CCN)CC(=O)NC[C@@H](N)CCCN)NC1=O. The lowest BCUT2D eigenvalue weighted by Crippen LogP contribution is -2.59. The van der Waals surface area contributed by atoms with E-state index in [-0.39, 0.29) is 56.6 Å². The third-order valence-corrected chi connectivity index (χ3v) is 8.59. The van der Waals surface area contributed by atoms with Crippen LogP contribution in [0.25, 0.3) is 11.1 Å². The molecule has 0 saturated heterocycles. The Morgan fingerprint density at radius 1 is 0.938 bits per heavy atom. The van der Waals surface area contributed by atoms with Gasteiger partial charge in [-0.15, -0.1) is 0 Å². The van der Waals surface area contributed by atoms with Crippen LogP contribution in [-0.4, -0.2) is 85.1 Å². The zero-order valence-corrected chi connectivity index (χ0v) is 27.8. The van der Waals surface area contributed by atoms with Crippen molar-refractivity contribution in [3.63, 3.8) is 0 Å². The van der Waals surface area contributed by atoms with Gasteiger partial charge in [-0.1, -0.05) is 37.3 Å². The van der Waals surface area contributed by atoms with Gasteiger partial charge in [0.1, 0.15) is 17.8 Å². The normalized spacial score (nSPS) is 20.2. The fourth-order valence-corrected chi connectivity index (χ4v) is 5.75. The first-order valence-electron chi connectivity index (χ1n) is 16.7. The number of fused-ring (bicyclic) bond motifs is 5. The number of aromatic hydroxyl groups is 1. The molecule has 2 unspecified atom stereocenters. The van der Waals surface area contributed by atoms with E-state index in [1.807, 2.05) is 24.3 Å². The molecule has 2 aromatic rings. The predicted molar refractivity (Wildman–Crippen MR) is 185 cm³/mol. The van der Waals surface area contributed by atoms with Gasteiger partial charge in [-0.2, -0.15) is 0 Å². The first-order valence-corrected chi connectivity index (χ1v) is 16.7. The molecule has 48 heavy (non-hydrogen) atoms. The van der Waals surface area contributed by atoms with Gasteiger partial charge >= 0.3 is 0 Å². The Labute approximate surface area is 282 Å². The molecular formula is C34H53N9O5. The summed E-state index contributed by atoms with van der Waals surface area (Å²) in [6.45, 7) is 3.05. The molecule has 0 radical (unpaired) electrons. The molecule has 0 saturated carbocycles. The van der Waals surface area contributed by atoms with Gasteiger partial charge in [0.05, 0.1) is 6.04 Å². The van der Waals surface area contributed by atoms with Crippen LogP contribution in [0.3, 0.4) is 0 Å². The van der Waals surface area contributed by atoms with E-state index < -0.39 is 47.8 Å². The number of nitrogens with one attached hydrogen (secondary N) is 4. The molecule has 14 heteroatoms. The van der Waals surface area contributed by atoms with Crippen LogP contribution < -0.4 is 49.9 Å². The van der Waals surface area contributed by atoms with Crippen molar-refractivity contribution in [3.05, 3.63) is 53.6 Å². The second-order valence-electron chi connectivity index (χ2n) is 12.6. The van der Waals surface area contributed by atoms with Crippen molar-refractivity contribution in [1.82, 2.24) is 21.3 Å². The fourth-order valence-electron chi connectivity index (χ4n) is 5.75. The number of hydrogen-bond donors (Lipinski definition) is 10. The number of carbonyl (C=O) groups excluding carboxylic acids is 4. The molecule has 15 N–H and O–H groups in total. The summed E-state index contributed by atoms with van der Waals surface area (Å²) in [6.07, 6.45) is 2.27. The number of phenolic OH excluding ortho intramolecular Hbond substituents is 1. The number of benzene rings is 2. The van der Waals surface area contributed by atoms with Gasteiger partial charge in [0.2, 0.25) is 23.6 Å². The van der Waals surface area contributed by atoms with Crippen LogP contribution in [0.5, 0.6) is 5.75 Å². The van der Waals surface area contributed by atoms with Gasteiger partial charge in [-0.3, -0.25) is 19.2 Å². The van der Waals surface area contributed by atoms with Gasteiger partial charge in [0.15, 0.2) is 0 Å². The molecule has 3 rings (SSSR count). The highest BCUT2D eigenvalue weighted by atomic mass is 16.3. The molecule has 0 fully saturated rings. The maximum Gasteiger partial charge on any atom is 0.243 e. The predicted octanol–water partition coefficient (Wildman–Crippen LogP) is -1.15. The minimum Gasteiger partial charge on any atom is -0.508 e. The standard InChI is InChI=1S/C34H53N9O5/c1-20(9-12-36)31-34(48)42-28(33(47)41-26(10-13-37)18-30(45)40-19-25(38)6-3-11-35)15-21-4-2-5-22(14-21)23-7-8-29(44)24(16-23)17-27(39)32(46)43-31/h2,4-5,7-8,14,16,20,25-28,31,44H,3,6,9-13,15,17-19,35-39H2,1H3,(H,40,45)(H,41,47)(H,42,48)(H,43,46)/t20-,25-,26?,27-,28?,31-/m0/s1. The van der Waals surface area contributed by atoms with Crippen molar-refractivity contribution in [2.24, 2.45) is 34.6 Å². The van der Waals surface area contributed by atoms with E-state index in [0.717, 1.165) is 23.1 Å². The quantitative estimate of drug-likeness (QED) is 0.116. The minimum atomic E-state index is -1.07. The van der Waals surface area contributed by atoms with Gasteiger partial charge in [0.25, 0.3) is 0 Å². The third kappa shape index (κ3) is 11.6. The van der Waals surface area contributed by atoms with Crippen molar-refractivity contribution in [2.45, 2.75) is 82.1 Å². The van der Waals surface area contributed by atoms with Crippen LogP contribution in [0.1, 0.15) is 50.2 Å². The van der Waals surface area contributed by atoms with Crippen LogP contribution in [-0.2, 0) is 32.0 Å². The third-order valence-electron chi connectivity index (χ3n) is 8.59. The van der Waals surface area contributed by atoms with Gasteiger partial charge < -0.3 is 55.0 Å². The number of rotatable bonds is 14. The van der Waals surface area contributed by atoms with Crippen molar-refractivity contribution in [3.8, 4) is 16.9 Å². The maximum atomic E-state index is 13.9. The van der Waals surface area contributed by atoms with E-state index in [9.17, 15) is 24.3 Å². The molecule has 6 atom stereocenters. The van der Waals surface area contributed by atoms with Crippen LogP contribution >= 0.6 is 0 Å². The monoisotopic (exact) mass is 667 g/mol. The van der Waals surface area contributed by atoms with Gasteiger partial charge in [0, 0.05) is 37.9 Å². The molecule has 4 bridgehead atoms. The largest absolute Gasteiger partial charge is 0.508 e. The highest BCUT2D eigenvalue weighted by Gasteiger charge is 2.33. The molecule has 0 spiro atoms. The van der Waals surface area contributed by atoms with E-state index in [4.69, 9.17) is 28.7 Å². The zero-order valence-electron chi connectivity index (χ0n) is 27.8. The summed E-state index contributed by atoms with van der Waals surface area (Å²) < 4.78 is 0. The Kier molecular flexibility index (Phi) is 15.2. The Hall–Kier alpha value is -4.08. The minimum absolute atomic E-state index is 0.000143. The Morgan fingerprint density at radius 2 is 1.67 bits per heavy atom. The number of carbonyl (C=O) groups is 4. The molecular weight excluding hydrogens is 614 g/mol. The van der Waals surface area contributed by atoms with E-state index in [0.29, 0.717) is 31.4 Å². The fraction of sp³-hybridized carbons (Fsp3) is 0.529. The second kappa shape index (κ2) is 19.1. The molecule has 2 aromatic carbocycles. The van der Waals surface area contributed by atoms with Gasteiger partial charge in [-0.25, -0.2) is 0 Å². The summed E-state index contributed by atoms with van der Waals surface area (Å²) in [5.41, 5.74) is 32.3. The summed E-state index contributed by atoms with van der Waals surface area (Å²) in [6, 6.07) is 8.53. The van der Waals surface area contributed by atoms with E-state index in [1.165, 1.54) is 0 Å². The summed E-state index contributed by atoms with van der Waals surface area (Å²) in [5, 5.41) is 21.9. The van der Waals surface area contributed by atoms with E-state index >= 15 is 0 Å². The highest BCUT2D eigenvalue weighted by Crippen LogP contribution is 2.28. The highest BCUT2D eigenvalue weighted by molar-refractivity contribution is 5.93. The Balaban J connectivity index is 1.93. The number of hydrogen-bond acceptors (Lipinski definition) is 10. The van der Waals surface area contributed by atoms with Crippen molar-refractivity contribution in [1.29, 1.82) is 0 Å². The lowest BCUT2D eigenvalue weighted by molar-refractivity contribution is -0.133. The number of amides is 4. The molecule has 1 heterocycles. The molecule has 14 nitrogen and oxygen atoms in total. The zero-order chi connectivity index (χ0) is 35.2. The average Bonchev–Trinajstić information content (AvgIpc) is 3.05. The van der Waals surface area contributed by atoms with Crippen LogP contribution in [0.4, 0.5) is 0 Å². The maximum absolute atomic E-state index is 13.9. The summed E-state index contributed by atoms with van der Waals surface area (Å²) in [4.78, 5) is 53.8. The Morgan fingerprint density at radius 3 is 2.38 bits per heavy atom. The van der Waals surface area contributed by atoms with Crippen molar-refractivity contribution < 1.29 is 24.3 Å². The van der Waals surface area contributed by atoms with Crippen LogP contribution in [0.2, 0.25) is 0 Å². The number of nitrogens with two attached hydrogens (primary N) is 5. The summed E-state index contributed by atoms with van der Waals surface area (Å²) >= 11 is 0. The van der Waals surface area contributed by atoms with Crippen LogP contribution in [0, 0.1) is 5.92 Å². The molecule has 0 aliphatic carbocycles. The molecule has 1 aliphatic rings. The molecule has 0 aromatic heterocycles. The Bertz CT molecular complexity index is 1390. The summed E-state index contributed by atoms with van der Waals surface area (Å²) in [7, 11) is 0. The molecule has 4 amide bonds. The van der Waals surface area contributed by atoms with Crippen molar-refractivity contribution >= 4 is 23.6 Å². The van der Waals surface area contributed by atoms with E-state index in [1.54, 1.807) is 25.1 Å².